The van der Waals surface area contributed by atoms with Crippen LogP contribution in [0.2, 0.25) is 0 Å². The van der Waals surface area contributed by atoms with E-state index in [1.165, 1.54) is 0 Å². The van der Waals surface area contributed by atoms with Crippen molar-refractivity contribution in [3.63, 3.8) is 0 Å². The van der Waals surface area contributed by atoms with Gasteiger partial charge in [0.15, 0.2) is 4.21 Å². The molecule has 0 amide bonds. The third kappa shape index (κ3) is 2.93. The second kappa shape index (κ2) is 5.28. The van der Waals surface area contributed by atoms with E-state index in [1.54, 1.807) is 30.6 Å². The summed E-state index contributed by atoms with van der Waals surface area (Å²) in [7, 11) is -3.59. The molecule has 2 aromatic rings. The van der Waals surface area contributed by atoms with Crippen LogP contribution in [-0.2, 0) is 10.0 Å². The first-order chi connectivity index (χ1) is 8.40. The van der Waals surface area contributed by atoms with Gasteiger partial charge >= 0.3 is 0 Å². The van der Waals surface area contributed by atoms with Crippen LogP contribution in [0.15, 0.2) is 36.9 Å². The minimum absolute atomic E-state index is 0.242. The maximum absolute atomic E-state index is 12.1. The second-order valence-electron chi connectivity index (χ2n) is 3.48. The predicted molar refractivity (Wildman–Crippen MR) is 79.5 cm³/mol. The summed E-state index contributed by atoms with van der Waals surface area (Å²) in [5, 5.41) is 1.71. The second-order valence-corrected chi connectivity index (χ2v) is 8.04. The zero-order chi connectivity index (χ0) is 13.3. The van der Waals surface area contributed by atoms with Crippen molar-refractivity contribution < 1.29 is 8.42 Å². The Kier molecular flexibility index (Phi) is 4.10. The van der Waals surface area contributed by atoms with Crippen molar-refractivity contribution >= 4 is 59.0 Å². The Bertz CT molecular complexity index is 683. The van der Waals surface area contributed by atoms with Crippen LogP contribution in [-0.4, -0.2) is 13.4 Å². The Morgan fingerprint density at radius 1 is 1.39 bits per heavy atom. The molecule has 2 aromatic heterocycles. The number of pyridine rings is 1. The Balaban J connectivity index is 2.37. The molecule has 4 nitrogen and oxygen atoms in total. The van der Waals surface area contributed by atoms with Crippen LogP contribution in [0.4, 0.5) is 5.82 Å². The Morgan fingerprint density at radius 3 is 2.67 bits per heavy atom. The van der Waals surface area contributed by atoms with Crippen molar-refractivity contribution in [1.29, 1.82) is 0 Å². The van der Waals surface area contributed by atoms with E-state index in [0.717, 1.165) is 21.4 Å². The number of hydrogen-bond acceptors (Lipinski definition) is 4. The van der Waals surface area contributed by atoms with Crippen molar-refractivity contribution in [3.05, 3.63) is 38.2 Å². The fraction of sp³-hybridized carbons (Fsp3) is 0.100. The summed E-state index contributed by atoms with van der Waals surface area (Å²) in [4.78, 5) is 4.05. The van der Waals surface area contributed by atoms with E-state index in [9.17, 15) is 8.42 Å². The number of halogens is 2. The van der Waals surface area contributed by atoms with Crippen molar-refractivity contribution in [2.75, 3.05) is 4.72 Å². The number of aromatic nitrogens is 1. The van der Waals surface area contributed by atoms with Crippen LogP contribution in [0.5, 0.6) is 0 Å². The highest BCUT2D eigenvalue weighted by Gasteiger charge is 2.20. The van der Waals surface area contributed by atoms with Crippen molar-refractivity contribution in [3.8, 4) is 0 Å². The molecular weight excluding hydrogens is 404 g/mol. The molecule has 8 heteroatoms. The first-order valence-electron chi connectivity index (χ1n) is 4.78. The maximum Gasteiger partial charge on any atom is 0.273 e. The first-order valence-corrected chi connectivity index (χ1v) is 8.73. The van der Waals surface area contributed by atoms with Crippen LogP contribution >= 0.6 is 43.2 Å². The molecule has 0 aliphatic carbocycles. The number of hydrogen-bond donors (Lipinski definition) is 1. The average molecular weight is 412 g/mol. The van der Waals surface area contributed by atoms with Crippen LogP contribution < -0.4 is 4.72 Å². The normalized spacial score (nSPS) is 11.5. The van der Waals surface area contributed by atoms with Crippen LogP contribution in [0.1, 0.15) is 5.56 Å². The van der Waals surface area contributed by atoms with Gasteiger partial charge in [0, 0.05) is 15.1 Å². The van der Waals surface area contributed by atoms with Crippen molar-refractivity contribution in [2.45, 2.75) is 11.1 Å². The standard InChI is InChI=1S/C10H8Br2N2O2S2/c1-6-4-7(11)5-13-9(6)14-18(15,16)10-8(12)2-3-17-10/h2-5H,1H3,(H,13,14). The van der Waals surface area contributed by atoms with Gasteiger partial charge in [-0.15, -0.1) is 11.3 Å². The average Bonchev–Trinajstić information content (AvgIpc) is 2.69. The molecule has 0 aromatic carbocycles. The smallest absolute Gasteiger partial charge is 0.262 e. The summed E-state index contributed by atoms with van der Waals surface area (Å²) in [6, 6.07) is 3.50. The van der Waals surface area contributed by atoms with Gasteiger partial charge in [-0.1, -0.05) is 0 Å². The Morgan fingerprint density at radius 2 is 2.11 bits per heavy atom. The molecule has 2 heterocycles. The highest BCUT2D eigenvalue weighted by molar-refractivity contribution is 9.10. The molecule has 0 radical (unpaired) electrons. The molecule has 2 rings (SSSR count). The predicted octanol–water partition coefficient (Wildman–Crippen LogP) is 3.78. The van der Waals surface area contributed by atoms with Gasteiger partial charge in [0.25, 0.3) is 10.0 Å². The number of sulfonamides is 1. The minimum Gasteiger partial charge on any atom is -0.262 e. The molecule has 0 spiro atoms. The number of rotatable bonds is 3. The van der Waals surface area contributed by atoms with Crippen LogP contribution in [0, 0.1) is 6.92 Å². The fourth-order valence-corrected chi connectivity index (χ4v) is 5.16. The quantitative estimate of drug-likeness (QED) is 0.835. The minimum atomic E-state index is -3.59. The highest BCUT2D eigenvalue weighted by atomic mass is 79.9. The lowest BCUT2D eigenvalue weighted by Gasteiger charge is -2.08. The maximum atomic E-state index is 12.1. The first kappa shape index (κ1) is 14.0. The molecule has 18 heavy (non-hydrogen) atoms. The van der Waals surface area contributed by atoms with E-state index in [-0.39, 0.29) is 4.21 Å². The van der Waals surface area contributed by atoms with Gasteiger partial charge in [-0.25, -0.2) is 13.4 Å². The van der Waals surface area contributed by atoms with Gasteiger partial charge in [0.05, 0.1) is 0 Å². The molecule has 1 N–H and O–H groups in total. The monoisotopic (exact) mass is 410 g/mol. The molecule has 0 aliphatic rings. The van der Waals surface area contributed by atoms with Crippen molar-refractivity contribution in [1.82, 2.24) is 4.98 Å². The molecule has 0 bridgehead atoms. The molecule has 0 unspecified atom stereocenters. The van der Waals surface area contributed by atoms with Gasteiger partial charge in [-0.2, -0.15) is 0 Å². The zero-order valence-electron chi connectivity index (χ0n) is 9.15. The summed E-state index contributed by atoms with van der Waals surface area (Å²) >= 11 is 7.64. The summed E-state index contributed by atoms with van der Waals surface area (Å²) in [5.74, 6) is 0.332. The molecule has 0 saturated carbocycles. The number of aryl methyl sites for hydroxylation is 1. The molecule has 0 fully saturated rings. The van der Waals surface area contributed by atoms with Gasteiger partial charge in [-0.05, 0) is 61.9 Å². The summed E-state index contributed by atoms with van der Waals surface area (Å²) in [5.41, 5.74) is 0.751. The van der Waals surface area contributed by atoms with Crippen LogP contribution in [0.3, 0.4) is 0 Å². The summed E-state index contributed by atoms with van der Waals surface area (Å²) < 4.78 is 28.4. The largest absolute Gasteiger partial charge is 0.273 e. The van der Waals surface area contributed by atoms with E-state index >= 15 is 0 Å². The topological polar surface area (TPSA) is 59.1 Å². The van der Waals surface area contributed by atoms with Gasteiger partial charge < -0.3 is 0 Å². The fourth-order valence-electron chi connectivity index (χ4n) is 1.29. The molecule has 96 valence electrons. The van der Waals surface area contributed by atoms with Crippen molar-refractivity contribution in [2.24, 2.45) is 0 Å². The van der Waals surface area contributed by atoms with Gasteiger partial charge in [0.1, 0.15) is 5.82 Å². The summed E-state index contributed by atoms with van der Waals surface area (Å²) in [6.07, 6.45) is 1.55. The van der Waals surface area contributed by atoms with E-state index in [2.05, 4.69) is 41.6 Å². The molecule has 0 saturated heterocycles. The SMILES string of the molecule is Cc1cc(Br)cnc1NS(=O)(=O)c1sccc1Br. The van der Waals surface area contributed by atoms with Gasteiger partial charge in [-0.3, -0.25) is 4.72 Å². The third-order valence-electron chi connectivity index (χ3n) is 2.10. The lowest BCUT2D eigenvalue weighted by atomic mass is 10.3. The zero-order valence-corrected chi connectivity index (χ0v) is 14.0. The summed E-state index contributed by atoms with van der Waals surface area (Å²) in [6.45, 7) is 1.79. The molecule has 0 atom stereocenters. The lowest BCUT2D eigenvalue weighted by Crippen LogP contribution is -2.14. The van der Waals surface area contributed by atoms with E-state index in [1.807, 2.05) is 0 Å². The Labute approximate surface area is 126 Å². The van der Waals surface area contributed by atoms with Crippen LogP contribution in [0.25, 0.3) is 0 Å². The Hall–Kier alpha value is -0.440. The van der Waals surface area contributed by atoms with E-state index in [0.29, 0.717) is 10.3 Å². The number of nitrogens with zero attached hydrogens (tertiary/aromatic N) is 1. The highest BCUT2D eigenvalue weighted by Crippen LogP contribution is 2.29. The number of anilines is 1. The number of thiophene rings is 1. The van der Waals surface area contributed by atoms with Gasteiger partial charge in [0.2, 0.25) is 0 Å². The third-order valence-corrected chi connectivity index (χ3v) is 6.55. The number of nitrogens with one attached hydrogen (secondary N) is 1. The van der Waals surface area contributed by atoms with E-state index in [4.69, 9.17) is 0 Å². The lowest BCUT2D eigenvalue weighted by molar-refractivity contribution is 0.602. The van der Waals surface area contributed by atoms with E-state index < -0.39 is 10.0 Å². The molecule has 0 aliphatic heterocycles. The molecular formula is C10H8Br2N2O2S2.